The zero-order valence-electron chi connectivity index (χ0n) is 15.4. The maximum absolute atomic E-state index is 5.36. The predicted octanol–water partition coefficient (Wildman–Crippen LogP) is 3.42. The van der Waals surface area contributed by atoms with Gasteiger partial charge in [0.2, 0.25) is 0 Å². The number of halogens is 1. The summed E-state index contributed by atoms with van der Waals surface area (Å²) in [4.78, 5) is 4.35. The van der Waals surface area contributed by atoms with Crippen LogP contribution in [0.5, 0.6) is 11.5 Å². The molecule has 2 fully saturated rings. The largest absolute Gasteiger partial charge is 0.493 e. The van der Waals surface area contributed by atoms with Gasteiger partial charge < -0.3 is 20.1 Å². The zero-order chi connectivity index (χ0) is 16.9. The van der Waals surface area contributed by atoms with Gasteiger partial charge in [-0.1, -0.05) is 6.07 Å². The van der Waals surface area contributed by atoms with Gasteiger partial charge in [0.05, 0.1) is 14.2 Å². The number of ether oxygens (including phenoxy) is 2. The van der Waals surface area contributed by atoms with E-state index < -0.39 is 0 Å². The summed E-state index contributed by atoms with van der Waals surface area (Å²) < 4.78 is 10.6. The third kappa shape index (κ3) is 5.66. The van der Waals surface area contributed by atoms with Crippen LogP contribution >= 0.6 is 24.0 Å². The van der Waals surface area contributed by atoms with Crippen molar-refractivity contribution < 1.29 is 9.47 Å². The van der Waals surface area contributed by atoms with Crippen molar-refractivity contribution in [3.8, 4) is 11.5 Å². The third-order valence-corrected chi connectivity index (χ3v) is 5.09. The van der Waals surface area contributed by atoms with Crippen molar-refractivity contribution in [2.45, 2.75) is 32.2 Å². The lowest BCUT2D eigenvalue weighted by atomic mass is 9.98. The van der Waals surface area contributed by atoms with E-state index in [0.717, 1.165) is 47.3 Å². The number of hydrogen-bond acceptors (Lipinski definition) is 3. The molecule has 0 amide bonds. The highest BCUT2D eigenvalue weighted by Crippen LogP contribution is 2.48. The van der Waals surface area contributed by atoms with E-state index in [1.165, 1.54) is 25.7 Å². The number of nitrogens with one attached hydrogen (secondary N) is 2. The van der Waals surface area contributed by atoms with Crippen LogP contribution in [0, 0.1) is 17.8 Å². The Balaban J connectivity index is 0.00000225. The molecule has 6 heteroatoms. The standard InChI is InChI=1S/C19H29N3O2.HI/c1-20-19(22-12-16(14-5-6-14)15-7-8-15)21-11-13-4-9-17(23-2)18(10-13)24-3;/h4,9-10,14-16H,5-8,11-12H2,1-3H3,(H2,20,21,22);1H. The van der Waals surface area contributed by atoms with Crippen molar-refractivity contribution in [1.29, 1.82) is 0 Å². The Labute approximate surface area is 168 Å². The number of rotatable bonds is 8. The lowest BCUT2D eigenvalue weighted by Crippen LogP contribution is -2.40. The molecule has 0 aliphatic heterocycles. The summed E-state index contributed by atoms with van der Waals surface area (Å²) in [5.74, 6) is 5.12. The fourth-order valence-electron chi connectivity index (χ4n) is 3.38. The molecule has 5 nitrogen and oxygen atoms in total. The van der Waals surface area contributed by atoms with Crippen LogP contribution < -0.4 is 20.1 Å². The van der Waals surface area contributed by atoms with E-state index in [1.807, 2.05) is 25.2 Å². The van der Waals surface area contributed by atoms with Gasteiger partial charge >= 0.3 is 0 Å². The maximum Gasteiger partial charge on any atom is 0.191 e. The van der Waals surface area contributed by atoms with Gasteiger partial charge in [0.25, 0.3) is 0 Å². The molecule has 25 heavy (non-hydrogen) atoms. The first kappa shape index (κ1) is 20.1. The summed E-state index contributed by atoms with van der Waals surface area (Å²) >= 11 is 0. The first-order valence-electron chi connectivity index (χ1n) is 8.90. The van der Waals surface area contributed by atoms with Crippen LogP contribution in [-0.2, 0) is 6.54 Å². The predicted molar refractivity (Wildman–Crippen MR) is 112 cm³/mol. The minimum atomic E-state index is 0. The summed E-state index contributed by atoms with van der Waals surface area (Å²) in [7, 11) is 5.14. The van der Waals surface area contributed by atoms with E-state index in [1.54, 1.807) is 14.2 Å². The highest BCUT2D eigenvalue weighted by atomic mass is 127. The quantitative estimate of drug-likeness (QED) is 0.356. The molecule has 0 atom stereocenters. The lowest BCUT2D eigenvalue weighted by molar-refractivity contribution is 0.354. The Kier molecular flexibility index (Phi) is 7.65. The molecule has 0 radical (unpaired) electrons. The van der Waals surface area contributed by atoms with E-state index >= 15 is 0 Å². The fraction of sp³-hybridized carbons (Fsp3) is 0.632. The van der Waals surface area contributed by atoms with Gasteiger partial charge in [0.1, 0.15) is 0 Å². The van der Waals surface area contributed by atoms with Gasteiger partial charge in [0, 0.05) is 20.1 Å². The van der Waals surface area contributed by atoms with Crippen molar-refractivity contribution in [3.05, 3.63) is 23.8 Å². The van der Waals surface area contributed by atoms with Crippen molar-refractivity contribution in [2.75, 3.05) is 27.8 Å². The molecule has 2 N–H and O–H groups in total. The van der Waals surface area contributed by atoms with Gasteiger partial charge in [-0.25, -0.2) is 0 Å². The Bertz CT molecular complexity index is 574. The van der Waals surface area contributed by atoms with Crippen LogP contribution in [0.25, 0.3) is 0 Å². The number of guanidine groups is 1. The summed E-state index contributed by atoms with van der Waals surface area (Å²) in [6, 6.07) is 5.97. The molecule has 140 valence electrons. The van der Waals surface area contributed by atoms with Crippen molar-refractivity contribution in [2.24, 2.45) is 22.7 Å². The minimum Gasteiger partial charge on any atom is -0.493 e. The molecule has 0 bridgehead atoms. The van der Waals surface area contributed by atoms with E-state index in [9.17, 15) is 0 Å². The number of nitrogens with zero attached hydrogens (tertiary/aromatic N) is 1. The number of benzene rings is 1. The lowest BCUT2D eigenvalue weighted by Gasteiger charge is -2.19. The fourth-order valence-corrected chi connectivity index (χ4v) is 3.38. The van der Waals surface area contributed by atoms with Crippen LogP contribution in [-0.4, -0.2) is 33.8 Å². The molecule has 0 unspecified atom stereocenters. The second-order valence-corrected chi connectivity index (χ2v) is 6.83. The molecule has 0 saturated heterocycles. The zero-order valence-corrected chi connectivity index (χ0v) is 17.7. The monoisotopic (exact) mass is 459 g/mol. The summed E-state index contributed by atoms with van der Waals surface area (Å²) in [6.07, 6.45) is 5.67. The number of methoxy groups -OCH3 is 2. The average Bonchev–Trinajstić information content (AvgIpc) is 3.51. The van der Waals surface area contributed by atoms with Crippen LogP contribution in [0.3, 0.4) is 0 Å². The molecule has 2 aliphatic rings. The smallest absolute Gasteiger partial charge is 0.191 e. The van der Waals surface area contributed by atoms with Gasteiger partial charge in [-0.3, -0.25) is 4.99 Å². The second kappa shape index (κ2) is 9.50. The van der Waals surface area contributed by atoms with E-state index in [2.05, 4.69) is 15.6 Å². The summed E-state index contributed by atoms with van der Waals surface area (Å²) in [5, 5.41) is 6.91. The average molecular weight is 459 g/mol. The van der Waals surface area contributed by atoms with Gasteiger partial charge in [-0.05, 0) is 61.1 Å². The molecule has 1 aromatic carbocycles. The van der Waals surface area contributed by atoms with Crippen LogP contribution in [0.4, 0.5) is 0 Å². The van der Waals surface area contributed by atoms with Crippen LogP contribution in [0.1, 0.15) is 31.2 Å². The maximum atomic E-state index is 5.36. The Morgan fingerprint density at radius 2 is 1.72 bits per heavy atom. The molecule has 0 spiro atoms. The van der Waals surface area contributed by atoms with E-state index in [4.69, 9.17) is 9.47 Å². The first-order valence-corrected chi connectivity index (χ1v) is 8.90. The second-order valence-electron chi connectivity index (χ2n) is 6.83. The minimum absolute atomic E-state index is 0. The van der Waals surface area contributed by atoms with Crippen LogP contribution in [0.15, 0.2) is 23.2 Å². The molecule has 0 aromatic heterocycles. The highest BCUT2D eigenvalue weighted by molar-refractivity contribution is 14.0. The molecule has 0 heterocycles. The Hall–Kier alpha value is -1.18. The normalized spacial score (nSPS) is 17.0. The topological polar surface area (TPSA) is 54.9 Å². The van der Waals surface area contributed by atoms with Gasteiger partial charge in [-0.15, -0.1) is 24.0 Å². The molecule has 1 aromatic rings. The summed E-state index contributed by atoms with van der Waals surface area (Å²) in [6.45, 7) is 1.75. The first-order chi connectivity index (χ1) is 11.7. The van der Waals surface area contributed by atoms with Gasteiger partial charge in [0.15, 0.2) is 17.5 Å². The Morgan fingerprint density at radius 1 is 1.08 bits per heavy atom. The van der Waals surface area contributed by atoms with Crippen molar-refractivity contribution >= 4 is 29.9 Å². The third-order valence-electron chi connectivity index (χ3n) is 5.09. The molecule has 2 aliphatic carbocycles. The van der Waals surface area contributed by atoms with Crippen molar-refractivity contribution in [1.82, 2.24) is 10.6 Å². The molecular formula is C19H30IN3O2. The molecule has 2 saturated carbocycles. The van der Waals surface area contributed by atoms with E-state index in [-0.39, 0.29) is 24.0 Å². The highest BCUT2D eigenvalue weighted by Gasteiger charge is 2.41. The number of hydrogen-bond donors (Lipinski definition) is 2. The molecule has 3 rings (SSSR count). The van der Waals surface area contributed by atoms with Gasteiger partial charge in [-0.2, -0.15) is 0 Å². The Morgan fingerprint density at radius 3 is 2.24 bits per heavy atom. The van der Waals surface area contributed by atoms with Crippen LogP contribution in [0.2, 0.25) is 0 Å². The summed E-state index contributed by atoms with van der Waals surface area (Å²) in [5.41, 5.74) is 1.14. The SMILES string of the molecule is CN=C(NCc1ccc(OC)c(OC)c1)NCC(C1CC1)C1CC1.I. The molecular weight excluding hydrogens is 429 g/mol. The van der Waals surface area contributed by atoms with Crippen molar-refractivity contribution in [3.63, 3.8) is 0 Å². The van der Waals surface area contributed by atoms with E-state index in [0.29, 0.717) is 6.54 Å². The number of aliphatic imine (C=N–C) groups is 1.